The predicted molar refractivity (Wildman–Crippen MR) is 55.8 cm³/mol. The molecule has 2 atom stereocenters. The first-order valence-corrected chi connectivity index (χ1v) is 5.10. The van der Waals surface area contributed by atoms with Crippen molar-refractivity contribution < 1.29 is 4.74 Å². The fourth-order valence-electron chi connectivity index (χ4n) is 1.80. The Balaban J connectivity index is 2.53. The van der Waals surface area contributed by atoms with E-state index in [1.807, 2.05) is 6.92 Å². The average Bonchev–Trinajstić information content (AvgIpc) is 2.91. The standard InChI is InChI=1S/C11H17N3O/c1-10(7-12,8-13)11(2)9-14(11)5-4-6-15-3/h4-6,9H2,1-3H3. The summed E-state index contributed by atoms with van der Waals surface area (Å²) in [6.07, 6.45) is 0.943. The van der Waals surface area contributed by atoms with E-state index in [1.165, 1.54) is 0 Å². The van der Waals surface area contributed by atoms with Gasteiger partial charge in [0.2, 0.25) is 0 Å². The minimum Gasteiger partial charge on any atom is -0.385 e. The van der Waals surface area contributed by atoms with Crippen molar-refractivity contribution in [3.8, 4) is 12.1 Å². The van der Waals surface area contributed by atoms with E-state index in [2.05, 4.69) is 17.0 Å². The van der Waals surface area contributed by atoms with Crippen molar-refractivity contribution in [3.05, 3.63) is 0 Å². The number of nitrogens with zero attached hydrogens (tertiary/aromatic N) is 3. The van der Waals surface area contributed by atoms with Crippen LogP contribution in [0.2, 0.25) is 0 Å². The maximum absolute atomic E-state index is 9.03. The number of methoxy groups -OCH3 is 1. The van der Waals surface area contributed by atoms with Crippen LogP contribution in [0, 0.1) is 28.1 Å². The number of ether oxygens (including phenoxy) is 1. The summed E-state index contributed by atoms with van der Waals surface area (Å²) in [6.45, 7) is 6.13. The highest BCUT2D eigenvalue weighted by molar-refractivity contribution is 5.29. The Hall–Kier alpha value is -1.10. The summed E-state index contributed by atoms with van der Waals surface area (Å²) in [5.74, 6) is 0. The highest BCUT2D eigenvalue weighted by Crippen LogP contribution is 2.46. The van der Waals surface area contributed by atoms with E-state index in [0.29, 0.717) is 0 Å². The lowest BCUT2D eigenvalue weighted by molar-refractivity contribution is 0.184. The first-order valence-electron chi connectivity index (χ1n) is 5.10. The molecule has 1 aliphatic rings. The maximum Gasteiger partial charge on any atom is 0.160 e. The third kappa shape index (κ3) is 1.97. The van der Waals surface area contributed by atoms with Gasteiger partial charge in [-0.3, -0.25) is 4.90 Å². The summed E-state index contributed by atoms with van der Waals surface area (Å²) in [6, 6.07) is 4.23. The van der Waals surface area contributed by atoms with Crippen molar-refractivity contribution in [2.45, 2.75) is 25.8 Å². The molecule has 15 heavy (non-hydrogen) atoms. The molecule has 0 aromatic carbocycles. The summed E-state index contributed by atoms with van der Waals surface area (Å²) in [5.41, 5.74) is -1.18. The molecule has 1 fully saturated rings. The third-order valence-electron chi connectivity index (χ3n) is 3.39. The first-order chi connectivity index (χ1) is 7.04. The Kier molecular flexibility index (Phi) is 3.34. The first kappa shape index (κ1) is 12.0. The molecular formula is C11H17N3O. The Morgan fingerprint density at radius 2 is 2.07 bits per heavy atom. The van der Waals surface area contributed by atoms with Crippen LogP contribution in [-0.4, -0.2) is 37.2 Å². The number of hydrogen-bond acceptors (Lipinski definition) is 4. The molecule has 4 heteroatoms. The van der Waals surface area contributed by atoms with Gasteiger partial charge in [-0.1, -0.05) is 0 Å². The van der Waals surface area contributed by atoms with Crippen LogP contribution in [0.5, 0.6) is 0 Å². The van der Waals surface area contributed by atoms with E-state index in [-0.39, 0.29) is 5.54 Å². The number of rotatable bonds is 5. The van der Waals surface area contributed by atoms with Gasteiger partial charge in [0, 0.05) is 26.8 Å². The lowest BCUT2D eigenvalue weighted by Crippen LogP contribution is -2.34. The Labute approximate surface area is 91.0 Å². The summed E-state index contributed by atoms with van der Waals surface area (Å²) in [5, 5.41) is 18.1. The third-order valence-corrected chi connectivity index (χ3v) is 3.39. The minimum atomic E-state index is -0.903. The molecule has 0 amide bonds. The van der Waals surface area contributed by atoms with Crippen LogP contribution in [-0.2, 0) is 4.74 Å². The van der Waals surface area contributed by atoms with E-state index in [9.17, 15) is 0 Å². The number of nitriles is 2. The largest absolute Gasteiger partial charge is 0.385 e. The molecule has 0 bridgehead atoms. The minimum absolute atomic E-state index is 0.274. The van der Waals surface area contributed by atoms with Crippen LogP contribution in [0.1, 0.15) is 20.3 Å². The Morgan fingerprint density at radius 3 is 2.53 bits per heavy atom. The fraction of sp³-hybridized carbons (Fsp3) is 0.818. The lowest BCUT2D eigenvalue weighted by Gasteiger charge is -2.22. The molecule has 1 saturated heterocycles. The van der Waals surface area contributed by atoms with Gasteiger partial charge in [0.15, 0.2) is 5.41 Å². The van der Waals surface area contributed by atoms with Gasteiger partial charge in [0.25, 0.3) is 0 Å². The molecule has 0 aliphatic carbocycles. The van der Waals surface area contributed by atoms with Gasteiger partial charge in [0.1, 0.15) is 0 Å². The summed E-state index contributed by atoms with van der Waals surface area (Å²) in [4.78, 5) is 2.17. The van der Waals surface area contributed by atoms with Crippen molar-refractivity contribution in [1.29, 1.82) is 10.5 Å². The zero-order valence-electron chi connectivity index (χ0n) is 9.58. The second-order valence-electron chi connectivity index (χ2n) is 4.39. The molecule has 0 N–H and O–H groups in total. The van der Waals surface area contributed by atoms with Gasteiger partial charge in [0.05, 0.1) is 17.7 Å². The highest BCUT2D eigenvalue weighted by atomic mass is 16.5. The molecular weight excluding hydrogens is 190 g/mol. The zero-order valence-corrected chi connectivity index (χ0v) is 9.58. The molecule has 0 spiro atoms. The predicted octanol–water partition coefficient (Wildman–Crippen LogP) is 1.15. The maximum atomic E-state index is 9.03. The van der Waals surface area contributed by atoms with Gasteiger partial charge < -0.3 is 4.74 Å². The molecule has 1 rings (SSSR count). The van der Waals surface area contributed by atoms with E-state index in [1.54, 1.807) is 14.0 Å². The van der Waals surface area contributed by atoms with E-state index >= 15 is 0 Å². The van der Waals surface area contributed by atoms with Crippen molar-refractivity contribution in [2.75, 3.05) is 26.8 Å². The van der Waals surface area contributed by atoms with Crippen LogP contribution in [0.4, 0.5) is 0 Å². The van der Waals surface area contributed by atoms with E-state index in [4.69, 9.17) is 15.3 Å². The molecule has 0 aromatic rings. The van der Waals surface area contributed by atoms with Crippen molar-refractivity contribution in [3.63, 3.8) is 0 Å². The zero-order chi connectivity index (χ0) is 11.5. The normalized spacial score (nSPS) is 29.3. The van der Waals surface area contributed by atoms with Crippen LogP contribution in [0.25, 0.3) is 0 Å². The van der Waals surface area contributed by atoms with Gasteiger partial charge >= 0.3 is 0 Å². The molecule has 1 heterocycles. The molecule has 82 valence electrons. The van der Waals surface area contributed by atoms with Gasteiger partial charge in [-0.15, -0.1) is 0 Å². The monoisotopic (exact) mass is 207 g/mol. The smallest absolute Gasteiger partial charge is 0.160 e. The van der Waals surface area contributed by atoms with Gasteiger partial charge in [-0.05, 0) is 20.3 Å². The molecule has 0 saturated carbocycles. The van der Waals surface area contributed by atoms with Crippen LogP contribution < -0.4 is 0 Å². The summed E-state index contributed by atoms with van der Waals surface area (Å²) < 4.78 is 4.97. The average molecular weight is 207 g/mol. The molecule has 0 radical (unpaired) electrons. The van der Waals surface area contributed by atoms with E-state index in [0.717, 1.165) is 26.1 Å². The number of hydrogen-bond donors (Lipinski definition) is 0. The molecule has 1 aliphatic heterocycles. The van der Waals surface area contributed by atoms with Crippen LogP contribution >= 0.6 is 0 Å². The molecule has 4 nitrogen and oxygen atoms in total. The van der Waals surface area contributed by atoms with Gasteiger partial charge in [-0.2, -0.15) is 10.5 Å². The second-order valence-corrected chi connectivity index (χ2v) is 4.39. The quantitative estimate of drug-likeness (QED) is 0.501. The Bertz CT molecular complexity index is 301. The van der Waals surface area contributed by atoms with Crippen LogP contribution in [0.15, 0.2) is 0 Å². The van der Waals surface area contributed by atoms with Crippen molar-refractivity contribution in [2.24, 2.45) is 5.41 Å². The van der Waals surface area contributed by atoms with Crippen LogP contribution in [0.3, 0.4) is 0 Å². The Morgan fingerprint density at radius 1 is 1.47 bits per heavy atom. The second kappa shape index (κ2) is 4.18. The van der Waals surface area contributed by atoms with Crippen molar-refractivity contribution in [1.82, 2.24) is 4.90 Å². The summed E-state index contributed by atoms with van der Waals surface area (Å²) >= 11 is 0. The molecule has 0 aromatic heterocycles. The summed E-state index contributed by atoms with van der Waals surface area (Å²) in [7, 11) is 1.68. The van der Waals surface area contributed by atoms with Crippen molar-refractivity contribution >= 4 is 0 Å². The lowest BCUT2D eigenvalue weighted by atomic mass is 9.80. The van der Waals surface area contributed by atoms with E-state index < -0.39 is 5.41 Å². The molecule has 2 unspecified atom stereocenters. The van der Waals surface area contributed by atoms with Gasteiger partial charge in [-0.25, -0.2) is 0 Å². The highest BCUT2D eigenvalue weighted by Gasteiger charge is 2.60. The SMILES string of the molecule is COCCCN1CC1(C)C(C)(C#N)C#N. The fourth-order valence-corrected chi connectivity index (χ4v) is 1.80. The topological polar surface area (TPSA) is 59.8 Å².